The highest BCUT2D eigenvalue weighted by molar-refractivity contribution is 5.94. The van der Waals surface area contributed by atoms with Gasteiger partial charge in [-0.15, -0.1) is 0 Å². The molecule has 1 aromatic carbocycles. The van der Waals surface area contributed by atoms with E-state index in [2.05, 4.69) is 5.32 Å². The van der Waals surface area contributed by atoms with E-state index in [-0.39, 0.29) is 24.3 Å². The van der Waals surface area contributed by atoms with Crippen LogP contribution in [0.25, 0.3) is 0 Å². The Balaban J connectivity index is 3.05. The Morgan fingerprint density at radius 1 is 1.47 bits per heavy atom. The normalized spacial score (nSPS) is 12.5. The fraction of sp³-hybridized carbons (Fsp3) is 0.417. The van der Waals surface area contributed by atoms with E-state index in [4.69, 9.17) is 10.2 Å². The van der Waals surface area contributed by atoms with Crippen LogP contribution in [-0.4, -0.2) is 28.8 Å². The van der Waals surface area contributed by atoms with Crippen molar-refractivity contribution < 1.29 is 19.4 Å². The van der Waals surface area contributed by atoms with Gasteiger partial charge in [-0.25, -0.2) is 9.18 Å². The molecule has 0 amide bonds. The lowest BCUT2D eigenvalue weighted by molar-refractivity contribution is 0.0692. The predicted octanol–water partition coefficient (Wildman–Crippen LogP) is 1.95. The van der Waals surface area contributed by atoms with Gasteiger partial charge in [0.05, 0.1) is 18.3 Å². The van der Waals surface area contributed by atoms with E-state index >= 15 is 0 Å². The van der Waals surface area contributed by atoms with Gasteiger partial charge in [0, 0.05) is 0 Å². The summed E-state index contributed by atoms with van der Waals surface area (Å²) in [5.41, 5.74) is -0.211. The van der Waals surface area contributed by atoms with Gasteiger partial charge >= 0.3 is 5.97 Å². The monoisotopic (exact) mass is 241 g/mol. The lowest BCUT2D eigenvalue weighted by atomic mass is 10.0. The van der Waals surface area contributed by atoms with E-state index in [1.807, 2.05) is 13.8 Å². The van der Waals surface area contributed by atoms with Crippen LogP contribution in [0.3, 0.4) is 0 Å². The van der Waals surface area contributed by atoms with Crippen molar-refractivity contribution in [1.29, 1.82) is 0 Å². The van der Waals surface area contributed by atoms with Gasteiger partial charge in [0.1, 0.15) is 11.4 Å². The van der Waals surface area contributed by atoms with Crippen molar-refractivity contribution >= 4 is 11.7 Å². The molecule has 0 saturated carbocycles. The van der Waals surface area contributed by atoms with Gasteiger partial charge in [0.25, 0.3) is 0 Å². The molecule has 0 heterocycles. The van der Waals surface area contributed by atoms with Crippen molar-refractivity contribution in [3.05, 3.63) is 29.6 Å². The largest absolute Gasteiger partial charge is 0.478 e. The molecule has 17 heavy (non-hydrogen) atoms. The Kier molecular flexibility index (Phi) is 4.45. The summed E-state index contributed by atoms with van der Waals surface area (Å²) in [7, 11) is 0. The van der Waals surface area contributed by atoms with Crippen molar-refractivity contribution in [2.45, 2.75) is 19.9 Å². The summed E-state index contributed by atoms with van der Waals surface area (Å²) in [6.07, 6.45) is 0. The van der Waals surface area contributed by atoms with E-state index in [1.54, 1.807) is 0 Å². The van der Waals surface area contributed by atoms with E-state index in [9.17, 15) is 9.18 Å². The highest BCUT2D eigenvalue weighted by Gasteiger charge is 2.19. The lowest BCUT2D eigenvalue weighted by Gasteiger charge is -2.22. The molecule has 5 heteroatoms. The number of rotatable bonds is 5. The first-order valence-electron chi connectivity index (χ1n) is 5.36. The molecule has 0 saturated heterocycles. The second kappa shape index (κ2) is 5.63. The molecule has 3 N–H and O–H groups in total. The molecule has 0 aliphatic rings. The van der Waals surface area contributed by atoms with Crippen molar-refractivity contribution in [1.82, 2.24) is 0 Å². The summed E-state index contributed by atoms with van der Waals surface area (Å²) in [5.74, 6) is -2.01. The zero-order valence-electron chi connectivity index (χ0n) is 9.77. The minimum atomic E-state index is -1.33. The number of carboxylic acid groups (broad SMARTS) is 1. The van der Waals surface area contributed by atoms with Crippen LogP contribution < -0.4 is 5.32 Å². The molecule has 1 atom stereocenters. The lowest BCUT2D eigenvalue weighted by Crippen LogP contribution is -2.30. The summed E-state index contributed by atoms with van der Waals surface area (Å²) in [5, 5.41) is 20.9. The number of carbonyl (C=O) groups is 1. The van der Waals surface area contributed by atoms with Crippen LogP contribution in [-0.2, 0) is 0 Å². The highest BCUT2D eigenvalue weighted by atomic mass is 19.1. The molecule has 0 spiro atoms. The molecular weight excluding hydrogens is 225 g/mol. The number of aromatic carboxylic acids is 1. The number of halogens is 1. The minimum absolute atomic E-state index is 0.102. The van der Waals surface area contributed by atoms with Crippen LogP contribution in [0.2, 0.25) is 0 Å². The van der Waals surface area contributed by atoms with Gasteiger partial charge in [-0.05, 0) is 18.1 Å². The molecule has 1 rings (SSSR count). The van der Waals surface area contributed by atoms with Crippen LogP contribution in [0.1, 0.15) is 24.2 Å². The molecule has 1 aromatic rings. The molecule has 94 valence electrons. The smallest absolute Gasteiger partial charge is 0.340 e. The van der Waals surface area contributed by atoms with Gasteiger partial charge < -0.3 is 15.5 Å². The molecule has 0 aliphatic carbocycles. The van der Waals surface area contributed by atoms with Gasteiger partial charge in [-0.2, -0.15) is 0 Å². The summed E-state index contributed by atoms with van der Waals surface area (Å²) >= 11 is 0. The van der Waals surface area contributed by atoms with E-state index < -0.39 is 17.3 Å². The summed E-state index contributed by atoms with van der Waals surface area (Å²) in [6, 6.07) is 3.70. The second-order valence-corrected chi connectivity index (χ2v) is 4.14. The number of carboxylic acids is 1. The van der Waals surface area contributed by atoms with Gasteiger partial charge in [0.15, 0.2) is 0 Å². The Morgan fingerprint density at radius 3 is 2.59 bits per heavy atom. The molecule has 0 aromatic heterocycles. The molecule has 0 bridgehead atoms. The number of aliphatic hydroxyl groups excluding tert-OH is 1. The Morgan fingerprint density at radius 2 is 2.12 bits per heavy atom. The average molecular weight is 241 g/mol. The predicted molar refractivity (Wildman–Crippen MR) is 62.7 cm³/mol. The zero-order valence-corrected chi connectivity index (χ0v) is 9.77. The first-order valence-corrected chi connectivity index (χ1v) is 5.36. The quantitative estimate of drug-likeness (QED) is 0.737. The number of hydrogen-bond donors (Lipinski definition) is 3. The van der Waals surface area contributed by atoms with E-state index in [0.29, 0.717) is 0 Å². The van der Waals surface area contributed by atoms with Crippen LogP contribution >= 0.6 is 0 Å². The number of hydrogen-bond acceptors (Lipinski definition) is 3. The fourth-order valence-electron chi connectivity index (χ4n) is 1.48. The minimum Gasteiger partial charge on any atom is -0.478 e. The maximum Gasteiger partial charge on any atom is 0.340 e. The van der Waals surface area contributed by atoms with E-state index in [1.165, 1.54) is 12.1 Å². The maximum atomic E-state index is 13.4. The van der Waals surface area contributed by atoms with Crippen molar-refractivity contribution in [2.75, 3.05) is 11.9 Å². The summed E-state index contributed by atoms with van der Waals surface area (Å²) in [6.45, 7) is 3.62. The molecule has 4 nitrogen and oxygen atoms in total. The second-order valence-electron chi connectivity index (χ2n) is 4.14. The van der Waals surface area contributed by atoms with Gasteiger partial charge in [0.2, 0.25) is 0 Å². The molecule has 0 aliphatic heterocycles. The van der Waals surface area contributed by atoms with Gasteiger partial charge in [-0.1, -0.05) is 19.9 Å². The third-order valence-electron chi connectivity index (χ3n) is 2.57. The number of aliphatic hydroxyl groups is 1. The Labute approximate surface area is 99.1 Å². The third kappa shape index (κ3) is 3.17. The third-order valence-corrected chi connectivity index (χ3v) is 2.57. The van der Waals surface area contributed by atoms with E-state index in [0.717, 1.165) is 6.07 Å². The van der Waals surface area contributed by atoms with Crippen molar-refractivity contribution in [2.24, 2.45) is 5.92 Å². The number of benzene rings is 1. The molecule has 0 radical (unpaired) electrons. The number of nitrogens with one attached hydrogen (secondary N) is 1. The SMILES string of the molecule is CC(C)[C@@H](CO)Nc1cccc(F)c1C(=O)O. The molecule has 0 unspecified atom stereocenters. The standard InChI is InChI=1S/C12H16FNO3/c1-7(2)10(6-15)14-9-5-3-4-8(13)11(9)12(16)17/h3-5,7,10,14-15H,6H2,1-2H3,(H,16,17)/t10-/m1/s1. The topological polar surface area (TPSA) is 69.6 Å². The summed E-state index contributed by atoms with van der Waals surface area (Å²) in [4.78, 5) is 10.9. The Hall–Kier alpha value is -1.62. The zero-order chi connectivity index (χ0) is 13.0. The van der Waals surface area contributed by atoms with Crippen LogP contribution in [0.4, 0.5) is 10.1 Å². The molecular formula is C12H16FNO3. The first kappa shape index (κ1) is 13.4. The maximum absolute atomic E-state index is 13.4. The Bertz CT molecular complexity index is 407. The van der Waals surface area contributed by atoms with Crippen LogP contribution in [0, 0.1) is 11.7 Å². The average Bonchev–Trinajstić information content (AvgIpc) is 2.24. The van der Waals surface area contributed by atoms with Crippen LogP contribution in [0.5, 0.6) is 0 Å². The van der Waals surface area contributed by atoms with Gasteiger partial charge in [-0.3, -0.25) is 0 Å². The molecule has 0 fully saturated rings. The first-order chi connectivity index (χ1) is 7.97. The van der Waals surface area contributed by atoms with Crippen LogP contribution in [0.15, 0.2) is 18.2 Å². The fourth-order valence-corrected chi connectivity index (χ4v) is 1.48. The number of anilines is 1. The highest BCUT2D eigenvalue weighted by Crippen LogP contribution is 2.21. The van der Waals surface area contributed by atoms with Crippen molar-refractivity contribution in [3.63, 3.8) is 0 Å². The van der Waals surface area contributed by atoms with Crippen molar-refractivity contribution in [3.8, 4) is 0 Å². The summed E-state index contributed by atoms with van der Waals surface area (Å²) < 4.78 is 13.4.